The van der Waals surface area contributed by atoms with Crippen LogP contribution in [0.15, 0.2) is 88.2 Å². The summed E-state index contributed by atoms with van der Waals surface area (Å²) in [6, 6.07) is 23.5. The molecule has 5 rings (SSSR count). The summed E-state index contributed by atoms with van der Waals surface area (Å²) < 4.78 is 7.87. The van der Waals surface area contributed by atoms with Crippen LogP contribution >= 0.6 is 12.2 Å². The minimum Gasteiger partial charge on any atom is -0.422 e. The van der Waals surface area contributed by atoms with Crippen molar-refractivity contribution in [2.45, 2.75) is 0 Å². The third-order valence-corrected chi connectivity index (χ3v) is 4.98. The molecule has 0 saturated heterocycles. The quantitative estimate of drug-likeness (QED) is 0.331. The van der Waals surface area contributed by atoms with E-state index in [1.807, 2.05) is 59.3 Å². The van der Waals surface area contributed by atoms with E-state index in [0.717, 1.165) is 21.8 Å². The monoisotopic (exact) mass is 370 g/mol. The summed E-state index contributed by atoms with van der Waals surface area (Å²) in [4.78, 5) is 15.6. The molecule has 0 unspecified atom stereocenters. The van der Waals surface area contributed by atoms with Gasteiger partial charge < -0.3 is 9.40 Å². The van der Waals surface area contributed by atoms with Crippen LogP contribution in [0.5, 0.6) is 0 Å². The Morgan fingerprint density at radius 3 is 2.52 bits per heavy atom. The van der Waals surface area contributed by atoms with E-state index in [1.165, 1.54) is 0 Å². The number of benzene rings is 3. The van der Waals surface area contributed by atoms with Crippen molar-refractivity contribution in [1.29, 1.82) is 0 Å². The average Bonchev–Trinajstić information content (AvgIpc) is 3.08. The van der Waals surface area contributed by atoms with Crippen LogP contribution in [0.2, 0.25) is 0 Å². The molecule has 0 fully saturated rings. The molecular weight excluding hydrogens is 356 g/mol. The molecular formula is C22H14N2O2S. The predicted molar refractivity (Wildman–Crippen MR) is 110 cm³/mol. The number of imidazole rings is 1. The number of H-pyrrole nitrogens is 1. The summed E-state index contributed by atoms with van der Waals surface area (Å²) >= 11 is 5.53. The van der Waals surface area contributed by atoms with E-state index in [4.69, 9.17) is 16.6 Å². The molecule has 4 nitrogen and oxygen atoms in total. The zero-order chi connectivity index (χ0) is 18.4. The Balaban J connectivity index is 1.73. The van der Waals surface area contributed by atoms with Gasteiger partial charge in [-0.1, -0.05) is 54.6 Å². The Bertz CT molecular complexity index is 1420. The van der Waals surface area contributed by atoms with Gasteiger partial charge in [0.05, 0.1) is 16.9 Å². The summed E-state index contributed by atoms with van der Waals surface area (Å²) in [6.45, 7) is 0. The standard InChI is InChI=1S/C22H14N2O2S/c25-21-17(12-15-7-2-4-11-20(15)26-21)18-13-24(22(27)23-18)19-10-5-8-14-6-1-3-9-16(14)19/h1-13H,(H,23,27). The molecule has 1 N–H and O–H groups in total. The first kappa shape index (κ1) is 15.8. The van der Waals surface area contributed by atoms with Gasteiger partial charge in [0.1, 0.15) is 5.58 Å². The Morgan fingerprint density at radius 1 is 0.889 bits per heavy atom. The highest BCUT2D eigenvalue weighted by atomic mass is 32.1. The highest BCUT2D eigenvalue weighted by molar-refractivity contribution is 7.71. The Kier molecular flexibility index (Phi) is 3.55. The van der Waals surface area contributed by atoms with Crippen LogP contribution in [0.4, 0.5) is 0 Å². The minimum absolute atomic E-state index is 0.394. The maximum atomic E-state index is 12.5. The van der Waals surface area contributed by atoms with Crippen LogP contribution < -0.4 is 5.63 Å². The lowest BCUT2D eigenvalue weighted by Crippen LogP contribution is -2.02. The van der Waals surface area contributed by atoms with Crippen molar-refractivity contribution in [3.05, 3.63) is 94.2 Å². The number of fused-ring (bicyclic) bond motifs is 2. The number of hydrogen-bond donors (Lipinski definition) is 1. The number of nitrogens with zero attached hydrogens (tertiary/aromatic N) is 1. The second-order valence-corrected chi connectivity index (χ2v) is 6.71. The molecule has 5 aromatic rings. The fourth-order valence-corrected chi connectivity index (χ4v) is 3.64. The first-order chi connectivity index (χ1) is 13.2. The molecule has 27 heavy (non-hydrogen) atoms. The fraction of sp³-hybridized carbons (Fsp3) is 0. The van der Waals surface area contributed by atoms with Crippen molar-refractivity contribution in [3.63, 3.8) is 0 Å². The smallest absolute Gasteiger partial charge is 0.345 e. The molecule has 0 radical (unpaired) electrons. The molecule has 5 heteroatoms. The maximum Gasteiger partial charge on any atom is 0.345 e. The average molecular weight is 370 g/mol. The maximum absolute atomic E-state index is 12.5. The van der Waals surface area contributed by atoms with Crippen LogP contribution in [0, 0.1) is 4.77 Å². The molecule has 2 aromatic heterocycles. The first-order valence-electron chi connectivity index (χ1n) is 8.54. The Labute approximate surface area is 159 Å². The zero-order valence-corrected chi connectivity index (χ0v) is 15.0. The van der Waals surface area contributed by atoms with Gasteiger partial charge in [0, 0.05) is 17.0 Å². The molecule has 0 saturated carbocycles. The van der Waals surface area contributed by atoms with E-state index in [-0.39, 0.29) is 0 Å². The van der Waals surface area contributed by atoms with Gasteiger partial charge in [-0.05, 0) is 35.8 Å². The Morgan fingerprint density at radius 2 is 1.63 bits per heavy atom. The van der Waals surface area contributed by atoms with Gasteiger partial charge in [0.15, 0.2) is 4.77 Å². The van der Waals surface area contributed by atoms with Crippen LogP contribution in [0.3, 0.4) is 0 Å². The van der Waals surface area contributed by atoms with E-state index >= 15 is 0 Å². The van der Waals surface area contributed by atoms with Crippen molar-refractivity contribution < 1.29 is 4.42 Å². The normalized spacial score (nSPS) is 11.3. The van der Waals surface area contributed by atoms with E-state index < -0.39 is 5.63 Å². The number of para-hydroxylation sites is 1. The van der Waals surface area contributed by atoms with Gasteiger partial charge in [0.2, 0.25) is 0 Å². The van der Waals surface area contributed by atoms with E-state index in [1.54, 1.807) is 6.07 Å². The summed E-state index contributed by atoms with van der Waals surface area (Å²) in [7, 11) is 0. The third kappa shape index (κ3) is 2.60. The third-order valence-electron chi connectivity index (χ3n) is 4.68. The predicted octanol–water partition coefficient (Wildman–Crippen LogP) is 5.46. The highest BCUT2D eigenvalue weighted by Gasteiger charge is 2.12. The molecule has 0 aliphatic rings. The topological polar surface area (TPSA) is 50.9 Å². The van der Waals surface area contributed by atoms with Crippen LogP contribution in [0.1, 0.15) is 0 Å². The van der Waals surface area contributed by atoms with Crippen LogP contribution in [0.25, 0.3) is 38.7 Å². The van der Waals surface area contributed by atoms with E-state index in [2.05, 4.69) is 23.2 Å². The first-order valence-corrected chi connectivity index (χ1v) is 8.94. The summed E-state index contributed by atoms with van der Waals surface area (Å²) in [6.07, 6.45) is 1.85. The largest absolute Gasteiger partial charge is 0.422 e. The summed E-state index contributed by atoms with van der Waals surface area (Å²) in [5, 5.41) is 3.08. The molecule has 2 heterocycles. The minimum atomic E-state index is -0.394. The lowest BCUT2D eigenvalue weighted by molar-refractivity contribution is 0.563. The lowest BCUT2D eigenvalue weighted by atomic mass is 10.1. The highest BCUT2D eigenvalue weighted by Crippen LogP contribution is 2.25. The number of aromatic amines is 1. The lowest BCUT2D eigenvalue weighted by Gasteiger charge is -2.07. The van der Waals surface area contributed by atoms with Gasteiger partial charge in [-0.3, -0.25) is 4.57 Å². The Hall–Kier alpha value is -3.44. The van der Waals surface area contributed by atoms with E-state index in [9.17, 15) is 4.79 Å². The van der Waals surface area contributed by atoms with Gasteiger partial charge >= 0.3 is 5.63 Å². The SMILES string of the molecule is O=c1oc2ccccc2cc1-c1cn(-c2cccc3ccccc23)c(=S)[nH]1. The molecule has 0 spiro atoms. The molecule has 130 valence electrons. The van der Waals surface area contributed by atoms with Crippen molar-refractivity contribution in [2.75, 3.05) is 0 Å². The van der Waals surface area contributed by atoms with Gasteiger partial charge in [0.25, 0.3) is 0 Å². The molecule has 0 bridgehead atoms. The van der Waals surface area contributed by atoms with Crippen molar-refractivity contribution in [3.8, 4) is 16.9 Å². The zero-order valence-electron chi connectivity index (χ0n) is 14.2. The number of aromatic nitrogens is 2. The molecule has 0 aliphatic carbocycles. The molecule has 0 atom stereocenters. The van der Waals surface area contributed by atoms with Gasteiger partial charge in [-0.2, -0.15) is 0 Å². The summed E-state index contributed by atoms with van der Waals surface area (Å²) in [5.41, 5.74) is 2.23. The molecule has 3 aromatic carbocycles. The second-order valence-electron chi connectivity index (χ2n) is 6.33. The second kappa shape index (κ2) is 6.07. The van der Waals surface area contributed by atoms with Gasteiger partial charge in [-0.15, -0.1) is 0 Å². The molecule has 0 amide bonds. The van der Waals surface area contributed by atoms with Gasteiger partial charge in [-0.25, -0.2) is 4.79 Å². The number of nitrogens with one attached hydrogen (secondary N) is 1. The molecule has 0 aliphatic heterocycles. The number of hydrogen-bond acceptors (Lipinski definition) is 3. The summed E-state index contributed by atoms with van der Waals surface area (Å²) in [5.74, 6) is 0. The van der Waals surface area contributed by atoms with Crippen molar-refractivity contribution in [1.82, 2.24) is 9.55 Å². The number of rotatable bonds is 2. The van der Waals surface area contributed by atoms with Crippen molar-refractivity contribution >= 4 is 34.0 Å². The van der Waals surface area contributed by atoms with Crippen LogP contribution in [-0.4, -0.2) is 9.55 Å². The van der Waals surface area contributed by atoms with Crippen LogP contribution in [-0.2, 0) is 0 Å². The van der Waals surface area contributed by atoms with Crippen molar-refractivity contribution in [2.24, 2.45) is 0 Å². The fourth-order valence-electron chi connectivity index (χ4n) is 3.38. The van der Waals surface area contributed by atoms with E-state index in [0.29, 0.717) is 21.6 Å².